The molecule has 3 fully saturated rings. The third kappa shape index (κ3) is 6.23. The highest BCUT2D eigenvalue weighted by Gasteiger charge is 2.45. The van der Waals surface area contributed by atoms with Crippen LogP contribution in [0.1, 0.15) is 29.8 Å². The average molecular weight is 441 g/mol. The van der Waals surface area contributed by atoms with E-state index in [0.717, 1.165) is 12.8 Å². The number of rotatable bonds is 7. The Morgan fingerprint density at radius 3 is 2.42 bits per heavy atom. The number of aromatic carboxylic acids is 1. The molecule has 3 heterocycles. The first kappa shape index (κ1) is 23.1. The largest absolute Gasteiger partial charge is 0.668 e. The van der Waals surface area contributed by atoms with E-state index in [9.17, 15) is 18.4 Å². The van der Waals surface area contributed by atoms with Crippen molar-refractivity contribution in [1.29, 1.82) is 0 Å². The number of ether oxygens (including phenoxy) is 2. The molecule has 1 saturated carbocycles. The van der Waals surface area contributed by atoms with Crippen LogP contribution in [-0.4, -0.2) is 85.3 Å². The standard InChI is InChI=1S/C13H14F2N2O3.C7H13N2O2/c14-13(15)6-17(7-13)10-4-3-9(12(18)19)16-11(10)20-5-8-1-2-8;1-9(2)6(10)3-7(8)4-11-5-7/h3-4,8H,1-2,5-7H2,(H,18,19);8H,3-5H2,1-2H3/q;-1. The van der Waals surface area contributed by atoms with Crippen LogP contribution in [0.2, 0.25) is 0 Å². The summed E-state index contributed by atoms with van der Waals surface area (Å²) >= 11 is 0. The molecule has 1 amide bonds. The highest BCUT2D eigenvalue weighted by atomic mass is 19.3. The lowest BCUT2D eigenvalue weighted by molar-refractivity contribution is -0.133. The zero-order valence-corrected chi connectivity index (χ0v) is 17.6. The van der Waals surface area contributed by atoms with Crippen molar-refractivity contribution in [2.45, 2.75) is 30.7 Å². The highest BCUT2D eigenvalue weighted by Crippen LogP contribution is 2.37. The predicted octanol–water partition coefficient (Wildman–Crippen LogP) is 2.31. The first-order chi connectivity index (χ1) is 14.5. The van der Waals surface area contributed by atoms with Gasteiger partial charge in [-0.25, -0.2) is 18.6 Å². The van der Waals surface area contributed by atoms with Crippen LogP contribution >= 0.6 is 0 Å². The van der Waals surface area contributed by atoms with E-state index in [1.165, 1.54) is 21.9 Å². The molecule has 2 N–H and O–H groups in total. The summed E-state index contributed by atoms with van der Waals surface area (Å²) in [6.07, 6.45) is 2.44. The van der Waals surface area contributed by atoms with Crippen LogP contribution in [0.25, 0.3) is 5.73 Å². The Bertz CT molecular complexity index is 820. The Hall–Kier alpha value is -2.53. The lowest BCUT2D eigenvalue weighted by Gasteiger charge is -2.46. The summed E-state index contributed by atoms with van der Waals surface area (Å²) in [5, 5.41) is 8.93. The SMILES string of the molecule is CN(C)C(=O)CC1([NH-])COC1.O=C(O)c1ccc(N2CC(F)(F)C2)c(OCC2CC2)n1. The molecular weight excluding hydrogens is 414 g/mol. The van der Waals surface area contributed by atoms with Crippen molar-refractivity contribution < 1.29 is 33.0 Å². The number of hydrogen-bond acceptors (Lipinski definition) is 6. The third-order valence-corrected chi connectivity index (χ3v) is 5.14. The molecule has 4 rings (SSSR count). The van der Waals surface area contributed by atoms with E-state index < -0.39 is 17.4 Å². The van der Waals surface area contributed by atoms with Crippen LogP contribution in [0.15, 0.2) is 12.1 Å². The predicted molar refractivity (Wildman–Crippen MR) is 108 cm³/mol. The molecular formula is C20H27F2N4O5-. The van der Waals surface area contributed by atoms with Crippen LogP contribution in [0.5, 0.6) is 5.88 Å². The van der Waals surface area contributed by atoms with Crippen LogP contribution in [0.3, 0.4) is 0 Å². The molecule has 0 aromatic carbocycles. The monoisotopic (exact) mass is 441 g/mol. The molecule has 0 bridgehead atoms. The lowest BCUT2D eigenvalue weighted by atomic mass is 9.94. The Balaban J connectivity index is 0.000000210. The zero-order valence-electron chi connectivity index (χ0n) is 17.6. The van der Waals surface area contributed by atoms with Gasteiger partial charge in [0.15, 0.2) is 5.69 Å². The fourth-order valence-electron chi connectivity index (χ4n) is 2.96. The number of pyridine rings is 1. The average Bonchev–Trinajstić information content (AvgIpc) is 3.47. The molecule has 1 aromatic heterocycles. The van der Waals surface area contributed by atoms with Crippen LogP contribution in [-0.2, 0) is 9.53 Å². The first-order valence-corrected chi connectivity index (χ1v) is 10.0. The fraction of sp³-hybridized carbons (Fsp3) is 0.650. The second-order valence-electron chi connectivity index (χ2n) is 8.53. The number of aromatic nitrogens is 1. The van der Waals surface area contributed by atoms with Gasteiger partial charge in [-0.3, -0.25) is 4.79 Å². The van der Waals surface area contributed by atoms with Gasteiger partial charge in [0.1, 0.15) is 5.69 Å². The van der Waals surface area contributed by atoms with Crippen molar-refractivity contribution in [3.05, 3.63) is 23.6 Å². The maximum absolute atomic E-state index is 12.9. The number of alkyl halides is 2. The van der Waals surface area contributed by atoms with Crippen molar-refractivity contribution in [2.75, 3.05) is 51.9 Å². The molecule has 2 aliphatic heterocycles. The molecule has 0 atom stereocenters. The Morgan fingerprint density at radius 2 is 1.97 bits per heavy atom. The van der Waals surface area contributed by atoms with Crippen molar-refractivity contribution in [3.8, 4) is 5.88 Å². The maximum atomic E-state index is 12.9. The second-order valence-corrected chi connectivity index (χ2v) is 8.53. The maximum Gasteiger partial charge on any atom is 0.354 e. The second kappa shape index (κ2) is 8.91. The summed E-state index contributed by atoms with van der Waals surface area (Å²) in [5.41, 5.74) is 7.26. The highest BCUT2D eigenvalue weighted by molar-refractivity contribution is 5.86. The Morgan fingerprint density at radius 1 is 1.32 bits per heavy atom. The molecule has 1 aliphatic carbocycles. The molecule has 31 heavy (non-hydrogen) atoms. The molecule has 0 radical (unpaired) electrons. The van der Waals surface area contributed by atoms with E-state index in [2.05, 4.69) is 4.98 Å². The van der Waals surface area contributed by atoms with E-state index >= 15 is 0 Å². The van der Waals surface area contributed by atoms with Crippen molar-refractivity contribution >= 4 is 17.6 Å². The minimum atomic E-state index is -2.70. The minimum absolute atomic E-state index is 0.00306. The van der Waals surface area contributed by atoms with Gasteiger partial charge in [-0.15, -0.1) is 0 Å². The van der Waals surface area contributed by atoms with Crippen molar-refractivity contribution in [3.63, 3.8) is 0 Å². The number of carbonyl (C=O) groups is 2. The summed E-state index contributed by atoms with van der Waals surface area (Å²) < 4.78 is 36.3. The fourth-order valence-corrected chi connectivity index (χ4v) is 2.96. The number of carbonyl (C=O) groups excluding carboxylic acids is 1. The normalized spacial score (nSPS) is 20.5. The van der Waals surface area contributed by atoms with Gasteiger partial charge in [0, 0.05) is 33.7 Å². The molecule has 3 aliphatic rings. The number of nitrogens with one attached hydrogen (secondary N) is 1. The summed E-state index contributed by atoms with van der Waals surface area (Å²) in [6.45, 7) is 0.467. The number of hydrogen-bond donors (Lipinski definition) is 1. The number of nitrogens with zero attached hydrogens (tertiary/aromatic N) is 3. The van der Waals surface area contributed by atoms with Gasteiger partial charge < -0.3 is 30.1 Å². The molecule has 0 spiro atoms. The van der Waals surface area contributed by atoms with Crippen LogP contribution < -0.4 is 9.64 Å². The molecule has 9 nitrogen and oxygen atoms in total. The van der Waals surface area contributed by atoms with E-state index in [0.29, 0.717) is 31.4 Å². The first-order valence-electron chi connectivity index (χ1n) is 10.0. The van der Waals surface area contributed by atoms with E-state index in [1.807, 2.05) is 0 Å². The van der Waals surface area contributed by atoms with Gasteiger partial charge >= 0.3 is 5.97 Å². The van der Waals surface area contributed by atoms with Crippen molar-refractivity contribution in [1.82, 2.24) is 9.88 Å². The molecule has 172 valence electrons. The topological polar surface area (TPSA) is 116 Å². The number of carboxylic acid groups (broad SMARTS) is 1. The molecule has 1 aromatic rings. The number of halogens is 2. The molecule has 11 heteroatoms. The number of carboxylic acids is 1. The number of anilines is 1. The van der Waals surface area contributed by atoms with Gasteiger partial charge in [0.05, 0.1) is 19.7 Å². The number of amides is 1. The summed E-state index contributed by atoms with van der Waals surface area (Å²) in [5.74, 6) is -3.26. The van der Waals surface area contributed by atoms with Gasteiger partial charge in [-0.2, -0.15) is 0 Å². The summed E-state index contributed by atoms with van der Waals surface area (Å²) in [7, 11) is 3.40. The molecule has 2 saturated heterocycles. The third-order valence-electron chi connectivity index (χ3n) is 5.14. The van der Waals surface area contributed by atoms with Gasteiger partial charge in [0.25, 0.3) is 5.92 Å². The Labute approximate surface area is 179 Å². The Kier molecular flexibility index (Phi) is 6.65. The van der Waals surface area contributed by atoms with Crippen LogP contribution in [0.4, 0.5) is 14.5 Å². The lowest BCUT2D eigenvalue weighted by Crippen LogP contribution is -2.56. The van der Waals surface area contributed by atoms with Crippen molar-refractivity contribution in [2.24, 2.45) is 5.92 Å². The van der Waals surface area contributed by atoms with E-state index in [1.54, 1.807) is 14.1 Å². The van der Waals surface area contributed by atoms with Gasteiger partial charge in [-0.05, 0) is 30.9 Å². The zero-order chi connectivity index (χ0) is 22.8. The van der Waals surface area contributed by atoms with Crippen LogP contribution in [0, 0.1) is 5.92 Å². The molecule has 0 unspecified atom stereocenters. The minimum Gasteiger partial charge on any atom is -0.668 e. The smallest absolute Gasteiger partial charge is 0.354 e. The van der Waals surface area contributed by atoms with E-state index in [-0.39, 0.29) is 37.0 Å². The van der Waals surface area contributed by atoms with Gasteiger partial charge in [-0.1, -0.05) is 5.54 Å². The quantitative estimate of drug-likeness (QED) is 0.690. The summed E-state index contributed by atoms with van der Waals surface area (Å²) in [6, 6.07) is 2.78. The summed E-state index contributed by atoms with van der Waals surface area (Å²) in [4.78, 5) is 28.9. The van der Waals surface area contributed by atoms with Gasteiger partial charge in [0.2, 0.25) is 11.8 Å². The van der Waals surface area contributed by atoms with E-state index in [4.69, 9.17) is 20.3 Å².